The molecule has 5 nitrogen and oxygen atoms in total. The molecule has 0 saturated heterocycles. The van der Waals surface area contributed by atoms with Crippen LogP contribution >= 0.6 is 0 Å². The number of para-hydroxylation sites is 1. The van der Waals surface area contributed by atoms with Gasteiger partial charge in [0.05, 0.1) is 6.10 Å². The van der Waals surface area contributed by atoms with Gasteiger partial charge in [0.2, 0.25) is 0 Å². The number of aliphatic hydroxyl groups is 1. The molecule has 0 fully saturated rings. The molecule has 0 aromatic heterocycles. The van der Waals surface area contributed by atoms with Crippen molar-refractivity contribution in [3.8, 4) is 5.75 Å². The summed E-state index contributed by atoms with van der Waals surface area (Å²) in [4.78, 5) is 22.6. The lowest BCUT2D eigenvalue weighted by Crippen LogP contribution is -2.18. The minimum atomic E-state index is -0.783. The molecular weight excluding hydrogens is 344 g/mol. The van der Waals surface area contributed by atoms with E-state index in [-0.39, 0.29) is 24.7 Å². The number of aliphatic hydroxyl groups excluding tert-OH is 1. The van der Waals surface area contributed by atoms with E-state index in [0.29, 0.717) is 38.5 Å². The van der Waals surface area contributed by atoms with Gasteiger partial charge in [-0.2, -0.15) is 0 Å². The van der Waals surface area contributed by atoms with Crippen molar-refractivity contribution in [1.82, 2.24) is 0 Å². The first-order valence-corrected chi connectivity index (χ1v) is 9.50. The highest BCUT2D eigenvalue weighted by Crippen LogP contribution is 2.30. The summed E-state index contributed by atoms with van der Waals surface area (Å²) in [6.45, 7) is 0.236. The molecule has 2 rings (SSSR count). The summed E-state index contributed by atoms with van der Waals surface area (Å²) in [6, 6.07) is 9.38. The molecule has 2 N–H and O–H groups in total. The fourth-order valence-electron chi connectivity index (χ4n) is 3.13. The van der Waals surface area contributed by atoms with Gasteiger partial charge >= 0.3 is 5.97 Å². The summed E-state index contributed by atoms with van der Waals surface area (Å²) >= 11 is 0. The van der Waals surface area contributed by atoms with E-state index in [1.54, 1.807) is 0 Å². The lowest BCUT2D eigenvalue weighted by Gasteiger charge is -2.15. The van der Waals surface area contributed by atoms with Gasteiger partial charge in [-0.3, -0.25) is 9.59 Å². The average molecular weight is 372 g/mol. The molecule has 1 aliphatic rings. The van der Waals surface area contributed by atoms with Crippen molar-refractivity contribution in [3.05, 3.63) is 54.1 Å². The van der Waals surface area contributed by atoms with Crippen molar-refractivity contribution in [3.63, 3.8) is 0 Å². The van der Waals surface area contributed by atoms with Crippen LogP contribution in [0.4, 0.5) is 0 Å². The van der Waals surface area contributed by atoms with E-state index < -0.39 is 12.1 Å². The summed E-state index contributed by atoms with van der Waals surface area (Å²) in [5.41, 5.74) is 1.09. The second kappa shape index (κ2) is 11.3. The Bertz CT molecular complexity index is 663. The third kappa shape index (κ3) is 7.79. The third-order valence-electron chi connectivity index (χ3n) is 4.65. The van der Waals surface area contributed by atoms with Crippen LogP contribution in [0.25, 0.3) is 0 Å². The molecule has 0 aliphatic heterocycles. The number of ketones is 1. The second-order valence-electron chi connectivity index (χ2n) is 6.81. The van der Waals surface area contributed by atoms with Gasteiger partial charge in [-0.15, -0.1) is 0 Å². The maximum Gasteiger partial charge on any atom is 0.303 e. The number of carbonyl (C=O) groups excluding carboxylic acids is 1. The number of aliphatic carboxylic acids is 1. The summed E-state index contributed by atoms with van der Waals surface area (Å²) < 4.78 is 5.56. The van der Waals surface area contributed by atoms with Crippen LogP contribution in [-0.2, 0) is 9.59 Å². The molecule has 2 atom stereocenters. The summed E-state index contributed by atoms with van der Waals surface area (Å²) in [7, 11) is 0. The molecule has 0 amide bonds. The predicted octanol–water partition coefficient (Wildman–Crippen LogP) is 3.92. The topological polar surface area (TPSA) is 83.8 Å². The van der Waals surface area contributed by atoms with E-state index in [2.05, 4.69) is 0 Å². The maximum atomic E-state index is 12.1. The fourth-order valence-corrected chi connectivity index (χ4v) is 3.13. The number of carboxylic acid groups (broad SMARTS) is 1. The molecule has 1 aromatic carbocycles. The van der Waals surface area contributed by atoms with E-state index in [1.165, 1.54) is 0 Å². The van der Waals surface area contributed by atoms with Gasteiger partial charge in [0, 0.05) is 18.8 Å². The van der Waals surface area contributed by atoms with Crippen molar-refractivity contribution in [2.24, 2.45) is 5.92 Å². The molecule has 5 heteroatoms. The number of rotatable bonds is 12. The molecule has 0 bridgehead atoms. The Morgan fingerprint density at radius 2 is 2.04 bits per heavy atom. The minimum absolute atomic E-state index is 0.108. The molecule has 0 spiro atoms. The second-order valence-corrected chi connectivity index (χ2v) is 6.81. The van der Waals surface area contributed by atoms with Gasteiger partial charge < -0.3 is 14.9 Å². The van der Waals surface area contributed by atoms with Crippen LogP contribution in [0.5, 0.6) is 5.75 Å². The van der Waals surface area contributed by atoms with Crippen LogP contribution < -0.4 is 4.74 Å². The molecule has 1 aromatic rings. The quantitative estimate of drug-likeness (QED) is 0.429. The van der Waals surface area contributed by atoms with Gasteiger partial charge in [-0.25, -0.2) is 0 Å². The van der Waals surface area contributed by atoms with Crippen LogP contribution in [0.1, 0.15) is 44.9 Å². The van der Waals surface area contributed by atoms with Crippen molar-refractivity contribution in [1.29, 1.82) is 0 Å². The first-order valence-electron chi connectivity index (χ1n) is 9.50. The summed E-state index contributed by atoms with van der Waals surface area (Å²) in [5, 5.41) is 18.8. The van der Waals surface area contributed by atoms with Crippen LogP contribution in [0.3, 0.4) is 0 Å². The predicted molar refractivity (Wildman–Crippen MR) is 104 cm³/mol. The van der Waals surface area contributed by atoms with Gasteiger partial charge in [0.25, 0.3) is 0 Å². The average Bonchev–Trinajstić information content (AvgIpc) is 3.01. The number of hydrogen-bond donors (Lipinski definition) is 2. The Labute approximate surface area is 160 Å². The molecule has 1 aliphatic carbocycles. The number of ether oxygens (including phenoxy) is 1. The van der Waals surface area contributed by atoms with Crippen molar-refractivity contribution in [2.75, 3.05) is 6.61 Å². The Morgan fingerprint density at radius 1 is 1.26 bits per heavy atom. The van der Waals surface area contributed by atoms with Crippen molar-refractivity contribution in [2.45, 2.75) is 51.0 Å². The molecule has 27 heavy (non-hydrogen) atoms. The fraction of sp³-hybridized carbons (Fsp3) is 0.455. The highest BCUT2D eigenvalue weighted by molar-refractivity contribution is 5.88. The smallest absolute Gasteiger partial charge is 0.303 e. The van der Waals surface area contributed by atoms with Crippen LogP contribution in [-0.4, -0.2) is 34.7 Å². The highest BCUT2D eigenvalue weighted by Gasteiger charge is 2.26. The number of carbonyl (C=O) groups is 2. The van der Waals surface area contributed by atoms with Crippen molar-refractivity contribution >= 4 is 11.8 Å². The third-order valence-corrected chi connectivity index (χ3v) is 4.65. The van der Waals surface area contributed by atoms with E-state index >= 15 is 0 Å². The number of allylic oxidation sites excluding steroid dienone is 4. The Morgan fingerprint density at radius 3 is 2.78 bits per heavy atom. The standard InChI is InChI=1S/C22H28O5/c23-18(16-27-19-8-4-3-5-9-19)14-12-17-13-15-21(24)20(17)10-6-1-2-7-11-22(25)26/h1,3-6,8-9,13,18,20,23H,2,7,10-12,14-16H2,(H,25,26)/b6-1-/t18-,20+/m0/s1. The highest BCUT2D eigenvalue weighted by atomic mass is 16.5. The first kappa shape index (κ1) is 20.9. The Balaban J connectivity index is 1.70. The van der Waals surface area contributed by atoms with Crippen molar-refractivity contribution < 1.29 is 24.5 Å². The zero-order valence-corrected chi connectivity index (χ0v) is 15.5. The van der Waals surface area contributed by atoms with E-state index in [1.807, 2.05) is 48.6 Å². The number of hydrogen-bond acceptors (Lipinski definition) is 4. The first-order chi connectivity index (χ1) is 13.1. The number of carboxylic acids is 1. The largest absolute Gasteiger partial charge is 0.491 e. The zero-order valence-electron chi connectivity index (χ0n) is 15.5. The number of Topliss-reactive ketones (excluding diaryl/α,β-unsaturated/α-hetero) is 1. The van der Waals surface area contributed by atoms with Gasteiger partial charge in [-0.1, -0.05) is 42.0 Å². The van der Waals surface area contributed by atoms with Crippen LogP contribution in [0.2, 0.25) is 0 Å². The monoisotopic (exact) mass is 372 g/mol. The number of unbranched alkanes of at least 4 members (excludes halogenated alkanes) is 1. The molecule has 0 saturated carbocycles. The van der Waals surface area contributed by atoms with E-state index in [0.717, 1.165) is 11.3 Å². The zero-order chi connectivity index (χ0) is 19.5. The molecule has 0 radical (unpaired) electrons. The minimum Gasteiger partial charge on any atom is -0.491 e. The van der Waals surface area contributed by atoms with Gasteiger partial charge in [-0.05, 0) is 44.2 Å². The van der Waals surface area contributed by atoms with Gasteiger partial charge in [0.15, 0.2) is 0 Å². The summed E-state index contributed by atoms with van der Waals surface area (Å²) in [5.74, 6) is 0.0605. The summed E-state index contributed by atoms with van der Waals surface area (Å²) in [6.07, 6.45) is 9.17. The molecule has 0 unspecified atom stereocenters. The lowest BCUT2D eigenvalue weighted by atomic mass is 9.92. The SMILES string of the molecule is O=C(O)CCC/C=C\C[C@H]1C(=O)CC=C1CC[C@H](O)COc1ccccc1. The van der Waals surface area contributed by atoms with E-state index in [4.69, 9.17) is 9.84 Å². The molecule has 0 heterocycles. The van der Waals surface area contributed by atoms with Crippen LogP contribution in [0.15, 0.2) is 54.1 Å². The number of benzene rings is 1. The van der Waals surface area contributed by atoms with Gasteiger partial charge in [0.1, 0.15) is 18.1 Å². The maximum absolute atomic E-state index is 12.1. The molecule has 146 valence electrons. The Kier molecular flexibility index (Phi) is 8.78. The van der Waals surface area contributed by atoms with Crippen LogP contribution in [0, 0.1) is 5.92 Å². The normalized spacial score (nSPS) is 17.9. The molecular formula is C22H28O5. The Hall–Kier alpha value is -2.40. The van der Waals surface area contributed by atoms with E-state index in [9.17, 15) is 14.7 Å². The lowest BCUT2D eigenvalue weighted by molar-refractivity contribution is -0.137.